The lowest BCUT2D eigenvalue weighted by Gasteiger charge is -2.23. The molecular weight excluding hydrogens is 397 g/mol. The lowest BCUT2D eigenvalue weighted by molar-refractivity contribution is 0.363. The van der Waals surface area contributed by atoms with Crippen LogP contribution in [0, 0.1) is 5.82 Å². The van der Waals surface area contributed by atoms with Gasteiger partial charge in [-0.25, -0.2) is 12.8 Å². The van der Waals surface area contributed by atoms with Gasteiger partial charge in [-0.1, -0.05) is 12.1 Å². The van der Waals surface area contributed by atoms with Crippen LogP contribution >= 0.6 is 11.3 Å². The molecule has 4 nitrogen and oxygen atoms in total. The highest BCUT2D eigenvalue weighted by atomic mass is 32.2. The molecule has 2 aromatic carbocycles. The van der Waals surface area contributed by atoms with Crippen molar-refractivity contribution >= 4 is 27.3 Å². The Kier molecular flexibility index (Phi) is 4.95. The van der Waals surface area contributed by atoms with Crippen LogP contribution in [0.25, 0.3) is 6.08 Å². The quantitative estimate of drug-likeness (QED) is 0.605. The maximum Gasteiger partial charge on any atom is 0.209 e. The maximum atomic E-state index is 14.1. The van der Waals surface area contributed by atoms with Crippen molar-refractivity contribution in [2.24, 2.45) is 0 Å². The molecule has 1 aliphatic rings. The van der Waals surface area contributed by atoms with Crippen LogP contribution in [0.3, 0.4) is 0 Å². The van der Waals surface area contributed by atoms with E-state index < -0.39 is 15.7 Å². The van der Waals surface area contributed by atoms with Gasteiger partial charge in [0.05, 0.1) is 18.6 Å². The van der Waals surface area contributed by atoms with Crippen LogP contribution in [0.5, 0.6) is 5.75 Å². The molecule has 1 aromatic heterocycles. The number of methoxy groups -OCH3 is 1. The highest BCUT2D eigenvalue weighted by Gasteiger charge is 2.23. The lowest BCUT2D eigenvalue weighted by atomic mass is 10.1. The van der Waals surface area contributed by atoms with E-state index in [0.717, 1.165) is 18.2 Å². The molecule has 4 rings (SSSR count). The summed E-state index contributed by atoms with van der Waals surface area (Å²) in [6, 6.07) is 12.4. The summed E-state index contributed by atoms with van der Waals surface area (Å²) in [5.74, 6) is -0.503. The molecule has 0 radical (unpaired) electrons. The van der Waals surface area contributed by atoms with Crippen LogP contribution in [0.15, 0.2) is 69.9 Å². The van der Waals surface area contributed by atoms with E-state index in [1.165, 1.54) is 41.8 Å². The van der Waals surface area contributed by atoms with Gasteiger partial charge in [-0.3, -0.25) is 0 Å². The molecule has 2 heterocycles. The molecule has 3 aromatic rings. The van der Waals surface area contributed by atoms with Crippen molar-refractivity contribution in [3.63, 3.8) is 0 Å². The Morgan fingerprint density at radius 2 is 1.93 bits per heavy atom. The minimum atomic E-state index is -3.97. The molecule has 0 N–H and O–H groups in total. The zero-order valence-electron chi connectivity index (χ0n) is 15.1. The van der Waals surface area contributed by atoms with E-state index in [-0.39, 0.29) is 9.79 Å². The summed E-state index contributed by atoms with van der Waals surface area (Å²) in [5, 5.41) is 2.08. The minimum absolute atomic E-state index is 0.0538. The second-order valence-corrected chi connectivity index (χ2v) is 9.38. The van der Waals surface area contributed by atoms with Gasteiger partial charge in [-0.15, -0.1) is 11.3 Å². The first-order valence-corrected chi connectivity index (χ1v) is 11.0. The summed E-state index contributed by atoms with van der Waals surface area (Å²) in [7, 11) is -2.56. The Bertz CT molecular complexity index is 1130. The maximum absolute atomic E-state index is 14.1. The van der Waals surface area contributed by atoms with Gasteiger partial charge in [0.2, 0.25) is 9.84 Å². The Labute approximate surface area is 167 Å². The van der Waals surface area contributed by atoms with Crippen LogP contribution < -0.4 is 4.74 Å². The van der Waals surface area contributed by atoms with Gasteiger partial charge in [0.1, 0.15) is 16.5 Å². The number of sulfone groups is 1. The molecule has 0 amide bonds. The number of benzene rings is 2. The van der Waals surface area contributed by atoms with Gasteiger partial charge in [0, 0.05) is 23.7 Å². The van der Waals surface area contributed by atoms with Crippen molar-refractivity contribution in [3.8, 4) is 5.75 Å². The van der Waals surface area contributed by atoms with E-state index >= 15 is 0 Å². The Morgan fingerprint density at radius 3 is 2.68 bits per heavy atom. The highest BCUT2D eigenvalue weighted by molar-refractivity contribution is 7.91. The van der Waals surface area contributed by atoms with E-state index in [1.54, 1.807) is 23.5 Å². The summed E-state index contributed by atoms with van der Waals surface area (Å²) in [6.45, 7) is 1.50. The van der Waals surface area contributed by atoms with Gasteiger partial charge >= 0.3 is 0 Å². The average Bonchev–Trinajstić information content (AvgIpc) is 3.16. The first kappa shape index (κ1) is 18.7. The third-order valence-corrected chi connectivity index (χ3v) is 7.34. The van der Waals surface area contributed by atoms with Crippen LogP contribution in [0.4, 0.5) is 4.39 Å². The standard InChI is InChI=1S/C21H18FNO3S2/c1-26-17-4-7-19(22)21(12-17)28(24,25)18-5-2-15(3-6-18)13-23-10-8-16-9-11-27-20(16)14-23/h2-12H,13-14H2,1H3. The lowest BCUT2D eigenvalue weighted by Crippen LogP contribution is -2.18. The molecule has 0 fully saturated rings. The van der Waals surface area contributed by atoms with E-state index in [9.17, 15) is 12.8 Å². The van der Waals surface area contributed by atoms with Gasteiger partial charge in [-0.05, 0) is 52.9 Å². The number of thiophene rings is 1. The van der Waals surface area contributed by atoms with Crippen LogP contribution in [-0.2, 0) is 22.9 Å². The fourth-order valence-corrected chi connectivity index (χ4v) is 5.35. The molecule has 0 unspecified atom stereocenters. The monoisotopic (exact) mass is 415 g/mol. The zero-order valence-corrected chi connectivity index (χ0v) is 16.8. The summed E-state index contributed by atoms with van der Waals surface area (Å²) in [5.41, 5.74) is 2.23. The van der Waals surface area contributed by atoms with Crippen LogP contribution in [-0.4, -0.2) is 20.4 Å². The van der Waals surface area contributed by atoms with Crippen molar-refractivity contribution in [1.82, 2.24) is 4.90 Å². The first-order chi connectivity index (χ1) is 13.5. The average molecular weight is 416 g/mol. The molecule has 0 bridgehead atoms. The van der Waals surface area contributed by atoms with Crippen molar-refractivity contribution < 1.29 is 17.5 Å². The Balaban J connectivity index is 1.55. The molecule has 0 aliphatic carbocycles. The number of hydrogen-bond acceptors (Lipinski definition) is 5. The predicted molar refractivity (Wildman–Crippen MR) is 107 cm³/mol. The van der Waals surface area contributed by atoms with Gasteiger partial charge < -0.3 is 9.64 Å². The number of fused-ring (bicyclic) bond motifs is 1. The van der Waals surface area contributed by atoms with E-state index in [2.05, 4.69) is 22.4 Å². The third-order valence-electron chi connectivity index (χ3n) is 4.64. The van der Waals surface area contributed by atoms with Crippen LogP contribution in [0.2, 0.25) is 0 Å². The smallest absolute Gasteiger partial charge is 0.209 e. The number of nitrogens with zero attached hydrogens (tertiary/aromatic N) is 1. The number of hydrogen-bond donors (Lipinski definition) is 0. The molecule has 144 valence electrons. The minimum Gasteiger partial charge on any atom is -0.497 e. The second-order valence-electron chi connectivity index (χ2n) is 6.46. The fraction of sp³-hybridized carbons (Fsp3) is 0.143. The zero-order chi connectivity index (χ0) is 19.7. The van der Waals surface area contributed by atoms with E-state index in [0.29, 0.717) is 12.3 Å². The Morgan fingerprint density at radius 1 is 1.14 bits per heavy atom. The van der Waals surface area contributed by atoms with Gasteiger partial charge in [-0.2, -0.15) is 0 Å². The summed E-state index contributed by atoms with van der Waals surface area (Å²) in [4.78, 5) is 3.15. The van der Waals surface area contributed by atoms with Crippen LogP contribution in [0.1, 0.15) is 16.0 Å². The molecule has 0 spiro atoms. The van der Waals surface area contributed by atoms with Gasteiger partial charge in [0.25, 0.3) is 0 Å². The predicted octanol–water partition coefficient (Wildman–Crippen LogP) is 4.72. The second kappa shape index (κ2) is 7.41. The summed E-state index contributed by atoms with van der Waals surface area (Å²) < 4.78 is 44.8. The number of rotatable bonds is 5. The molecule has 0 saturated carbocycles. The summed E-state index contributed by atoms with van der Waals surface area (Å²) >= 11 is 1.73. The molecule has 0 saturated heterocycles. The molecule has 28 heavy (non-hydrogen) atoms. The van der Waals surface area contributed by atoms with E-state index in [4.69, 9.17) is 4.74 Å². The molecular formula is C21H18FNO3S2. The van der Waals surface area contributed by atoms with Crippen molar-refractivity contribution in [2.45, 2.75) is 22.9 Å². The first-order valence-electron chi connectivity index (χ1n) is 8.63. The number of ether oxygens (including phenoxy) is 1. The van der Waals surface area contributed by atoms with Crippen molar-refractivity contribution in [1.29, 1.82) is 0 Å². The molecule has 0 atom stereocenters. The summed E-state index contributed by atoms with van der Waals surface area (Å²) in [6.07, 6.45) is 4.13. The molecule has 7 heteroatoms. The molecule has 1 aliphatic heterocycles. The normalized spacial score (nSPS) is 13.4. The largest absolute Gasteiger partial charge is 0.497 e. The third kappa shape index (κ3) is 3.55. The Hall–Kier alpha value is -2.64. The number of halogens is 1. The SMILES string of the molecule is COc1ccc(F)c(S(=O)(=O)c2ccc(CN3C=Cc4ccsc4C3)cc2)c1. The van der Waals surface area contributed by atoms with E-state index in [1.807, 2.05) is 6.20 Å². The highest BCUT2D eigenvalue weighted by Crippen LogP contribution is 2.28. The van der Waals surface area contributed by atoms with Gasteiger partial charge in [0.15, 0.2) is 0 Å². The van der Waals surface area contributed by atoms with Crippen molar-refractivity contribution in [2.75, 3.05) is 7.11 Å². The topological polar surface area (TPSA) is 46.6 Å². The van der Waals surface area contributed by atoms with Crippen molar-refractivity contribution in [3.05, 3.63) is 81.9 Å². The fourth-order valence-electron chi connectivity index (χ4n) is 3.11.